The highest BCUT2D eigenvalue weighted by atomic mass is 19.4. The number of nitrogens with one attached hydrogen (secondary N) is 3. The lowest BCUT2D eigenvalue weighted by Crippen LogP contribution is -2.27. The predicted molar refractivity (Wildman–Crippen MR) is 134 cm³/mol. The molecular weight excluding hydrogens is 522 g/mol. The molecule has 0 saturated carbocycles. The highest BCUT2D eigenvalue weighted by Gasteiger charge is 2.32. The van der Waals surface area contributed by atoms with Crippen molar-refractivity contribution in [1.29, 1.82) is 0 Å². The van der Waals surface area contributed by atoms with E-state index in [9.17, 15) is 26.3 Å². The van der Waals surface area contributed by atoms with Gasteiger partial charge < -0.3 is 15.6 Å². The van der Waals surface area contributed by atoms with E-state index in [0.717, 1.165) is 50.2 Å². The van der Waals surface area contributed by atoms with Crippen molar-refractivity contribution >= 4 is 5.95 Å². The Morgan fingerprint density at radius 3 is 2.26 bits per heavy atom. The molecule has 0 amide bonds. The summed E-state index contributed by atoms with van der Waals surface area (Å²) in [5.74, 6) is 1.00. The molecule has 0 unspecified atom stereocenters. The van der Waals surface area contributed by atoms with Crippen LogP contribution in [0.2, 0.25) is 0 Å². The van der Waals surface area contributed by atoms with Crippen LogP contribution in [0.1, 0.15) is 41.3 Å². The third-order valence-corrected chi connectivity index (χ3v) is 6.55. The summed E-state index contributed by atoms with van der Waals surface area (Å²) < 4.78 is 78.8. The molecule has 0 atom stereocenters. The summed E-state index contributed by atoms with van der Waals surface area (Å²) in [7, 11) is 0. The van der Waals surface area contributed by atoms with Gasteiger partial charge in [0.1, 0.15) is 5.82 Å². The Labute approximate surface area is 219 Å². The van der Waals surface area contributed by atoms with E-state index in [2.05, 4.69) is 25.6 Å². The molecule has 0 bridgehead atoms. The average Bonchev–Trinajstić information content (AvgIpc) is 3.38. The third kappa shape index (κ3) is 6.22. The lowest BCUT2D eigenvalue weighted by molar-refractivity contribution is -0.138. The van der Waals surface area contributed by atoms with Gasteiger partial charge in [-0.2, -0.15) is 26.3 Å². The number of benzene rings is 2. The van der Waals surface area contributed by atoms with E-state index in [0.29, 0.717) is 34.0 Å². The standard InChI is InChI=1S/C27H24F6N6/c28-26(29,30)19-6-4-16(5-7-19)15-36-25-35-13-10-21(37-25)23-22(18-2-1-3-20(14-18)27(31,32)33)38-24(39-23)17-8-11-34-12-9-17/h1-7,10,13-14,17,34H,8-9,11-12,15H2,(H,38,39)(H,35,36,37). The fourth-order valence-electron chi connectivity index (χ4n) is 4.49. The van der Waals surface area contributed by atoms with Crippen LogP contribution in [0.5, 0.6) is 0 Å². The number of rotatable bonds is 6. The number of hydrogen-bond donors (Lipinski definition) is 3. The van der Waals surface area contributed by atoms with Gasteiger partial charge in [0.2, 0.25) is 5.95 Å². The summed E-state index contributed by atoms with van der Waals surface area (Å²) in [6, 6.07) is 11.4. The van der Waals surface area contributed by atoms with Gasteiger partial charge in [-0.15, -0.1) is 0 Å². The molecule has 2 aromatic carbocycles. The van der Waals surface area contributed by atoms with Crippen molar-refractivity contribution in [3.8, 4) is 22.6 Å². The first-order chi connectivity index (χ1) is 18.6. The first kappa shape index (κ1) is 26.7. The SMILES string of the molecule is FC(F)(F)c1ccc(CNc2nccc(-c3[nH]c(C4CCNCC4)nc3-c3cccc(C(F)(F)F)c3)n2)cc1. The molecule has 1 fully saturated rings. The molecular formula is C27H24F6N6. The van der Waals surface area contributed by atoms with Crippen LogP contribution in [-0.4, -0.2) is 33.0 Å². The molecule has 0 spiro atoms. The third-order valence-electron chi connectivity index (χ3n) is 6.55. The van der Waals surface area contributed by atoms with Crippen molar-refractivity contribution in [3.05, 3.63) is 83.3 Å². The molecule has 204 valence electrons. The summed E-state index contributed by atoms with van der Waals surface area (Å²) in [5.41, 5.74) is 0.602. The summed E-state index contributed by atoms with van der Waals surface area (Å²) in [6.07, 6.45) is -5.76. The minimum absolute atomic E-state index is 0.114. The molecule has 12 heteroatoms. The Morgan fingerprint density at radius 1 is 0.846 bits per heavy atom. The maximum Gasteiger partial charge on any atom is 0.416 e. The molecule has 3 heterocycles. The maximum atomic E-state index is 13.4. The van der Waals surface area contributed by atoms with Crippen LogP contribution >= 0.6 is 0 Å². The summed E-state index contributed by atoms with van der Waals surface area (Å²) in [4.78, 5) is 16.7. The van der Waals surface area contributed by atoms with Gasteiger partial charge in [0.15, 0.2) is 0 Å². The van der Waals surface area contributed by atoms with Crippen LogP contribution in [-0.2, 0) is 18.9 Å². The van der Waals surface area contributed by atoms with Gasteiger partial charge in [0.25, 0.3) is 0 Å². The predicted octanol–water partition coefficient (Wildman–Crippen LogP) is 6.65. The number of piperidine rings is 1. The molecule has 1 aliphatic rings. The quantitative estimate of drug-likeness (QED) is 0.236. The lowest BCUT2D eigenvalue weighted by Gasteiger charge is -2.20. The largest absolute Gasteiger partial charge is 0.416 e. The number of alkyl halides is 6. The van der Waals surface area contributed by atoms with Crippen LogP contribution in [0.25, 0.3) is 22.6 Å². The van der Waals surface area contributed by atoms with Crippen molar-refractivity contribution < 1.29 is 26.3 Å². The summed E-state index contributed by atoms with van der Waals surface area (Å²) >= 11 is 0. The number of nitrogens with zero attached hydrogens (tertiary/aromatic N) is 3. The van der Waals surface area contributed by atoms with Crippen LogP contribution in [0.3, 0.4) is 0 Å². The van der Waals surface area contributed by atoms with Crippen LogP contribution < -0.4 is 10.6 Å². The van der Waals surface area contributed by atoms with E-state index in [-0.39, 0.29) is 18.4 Å². The van der Waals surface area contributed by atoms with E-state index in [1.807, 2.05) is 0 Å². The van der Waals surface area contributed by atoms with Gasteiger partial charge in [-0.05, 0) is 61.8 Å². The Balaban J connectivity index is 1.45. The highest BCUT2D eigenvalue weighted by Crippen LogP contribution is 2.37. The molecule has 4 aromatic rings. The van der Waals surface area contributed by atoms with Crippen LogP contribution in [0, 0.1) is 0 Å². The van der Waals surface area contributed by atoms with Crippen molar-refractivity contribution in [2.45, 2.75) is 37.7 Å². The monoisotopic (exact) mass is 546 g/mol. The molecule has 0 radical (unpaired) electrons. The minimum atomic E-state index is -4.51. The second kappa shape index (κ2) is 10.7. The molecule has 2 aromatic heterocycles. The van der Waals surface area contributed by atoms with Crippen LogP contribution in [0.15, 0.2) is 60.8 Å². The zero-order valence-electron chi connectivity index (χ0n) is 20.5. The van der Waals surface area contributed by atoms with E-state index in [1.165, 1.54) is 24.4 Å². The number of anilines is 1. The summed E-state index contributed by atoms with van der Waals surface area (Å²) in [6.45, 7) is 1.79. The number of imidazole rings is 1. The Bertz CT molecular complexity index is 1420. The van der Waals surface area contributed by atoms with Gasteiger partial charge in [-0.3, -0.25) is 0 Å². The molecule has 39 heavy (non-hydrogen) atoms. The molecule has 3 N–H and O–H groups in total. The van der Waals surface area contributed by atoms with E-state index < -0.39 is 23.5 Å². The number of H-pyrrole nitrogens is 1. The number of hydrogen-bond acceptors (Lipinski definition) is 5. The molecule has 1 saturated heterocycles. The van der Waals surface area contributed by atoms with E-state index in [4.69, 9.17) is 4.98 Å². The van der Waals surface area contributed by atoms with Crippen molar-refractivity contribution in [1.82, 2.24) is 25.3 Å². The molecule has 6 nitrogen and oxygen atoms in total. The van der Waals surface area contributed by atoms with Crippen molar-refractivity contribution in [2.24, 2.45) is 0 Å². The first-order valence-corrected chi connectivity index (χ1v) is 12.3. The number of aromatic nitrogens is 4. The second-order valence-corrected chi connectivity index (χ2v) is 9.26. The number of halogens is 6. The normalized spacial score (nSPS) is 14.9. The Kier molecular flexibility index (Phi) is 7.30. The fraction of sp³-hybridized carbons (Fsp3) is 0.296. The zero-order chi connectivity index (χ0) is 27.6. The van der Waals surface area contributed by atoms with Gasteiger partial charge in [0, 0.05) is 24.2 Å². The van der Waals surface area contributed by atoms with Gasteiger partial charge in [0.05, 0.1) is 28.2 Å². The first-order valence-electron chi connectivity index (χ1n) is 12.3. The molecule has 5 rings (SSSR count). The topological polar surface area (TPSA) is 78.5 Å². The second-order valence-electron chi connectivity index (χ2n) is 9.26. The highest BCUT2D eigenvalue weighted by molar-refractivity contribution is 5.77. The molecule has 0 aliphatic carbocycles. The Morgan fingerprint density at radius 2 is 1.56 bits per heavy atom. The zero-order valence-corrected chi connectivity index (χ0v) is 20.5. The van der Waals surface area contributed by atoms with Gasteiger partial charge in [-0.25, -0.2) is 15.0 Å². The average molecular weight is 547 g/mol. The fourth-order valence-corrected chi connectivity index (χ4v) is 4.49. The van der Waals surface area contributed by atoms with Gasteiger partial charge in [-0.1, -0.05) is 24.3 Å². The molecule has 1 aliphatic heterocycles. The Hall–Kier alpha value is -3.93. The maximum absolute atomic E-state index is 13.4. The smallest absolute Gasteiger partial charge is 0.350 e. The van der Waals surface area contributed by atoms with Crippen molar-refractivity contribution in [3.63, 3.8) is 0 Å². The van der Waals surface area contributed by atoms with E-state index >= 15 is 0 Å². The minimum Gasteiger partial charge on any atom is -0.350 e. The van der Waals surface area contributed by atoms with Gasteiger partial charge >= 0.3 is 12.4 Å². The van der Waals surface area contributed by atoms with Crippen molar-refractivity contribution in [2.75, 3.05) is 18.4 Å². The van der Waals surface area contributed by atoms with Crippen LogP contribution in [0.4, 0.5) is 32.3 Å². The summed E-state index contributed by atoms with van der Waals surface area (Å²) in [5, 5.41) is 6.28. The van der Waals surface area contributed by atoms with E-state index in [1.54, 1.807) is 12.1 Å². The lowest BCUT2D eigenvalue weighted by atomic mass is 9.98. The number of aromatic amines is 1.